The van der Waals surface area contributed by atoms with Gasteiger partial charge in [-0.05, 0) is 74.7 Å². The van der Waals surface area contributed by atoms with Crippen LogP contribution in [0.25, 0.3) is 6.08 Å². The lowest BCUT2D eigenvalue weighted by atomic mass is 10.1. The Morgan fingerprint density at radius 2 is 1.89 bits per heavy atom. The van der Waals surface area contributed by atoms with Gasteiger partial charge in [0, 0.05) is 4.47 Å². The van der Waals surface area contributed by atoms with Gasteiger partial charge in [0.25, 0.3) is 5.91 Å². The molecule has 1 amide bonds. The molecule has 27 heavy (non-hydrogen) atoms. The first kappa shape index (κ1) is 20.2. The van der Waals surface area contributed by atoms with Gasteiger partial charge in [-0.2, -0.15) is 10.1 Å². The third-order valence-corrected chi connectivity index (χ3v) is 6.80. The number of phenols is 1. The summed E-state index contributed by atoms with van der Waals surface area (Å²) in [5.41, 5.74) is 2.11. The van der Waals surface area contributed by atoms with Gasteiger partial charge in [0.2, 0.25) is 0 Å². The number of hydrogen-bond donors (Lipinski definition) is 1. The van der Waals surface area contributed by atoms with E-state index in [1.165, 1.54) is 12.1 Å². The SMILES string of the molecule is COc1cc(/C=C2\C(=O)N(c3ccc(Cl)c(Cl)c3)N=C2C)c(Br)c(Br)c1O. The minimum atomic E-state index is -0.305. The molecule has 2 aromatic rings. The Morgan fingerprint density at radius 3 is 2.52 bits per heavy atom. The molecule has 0 fully saturated rings. The van der Waals surface area contributed by atoms with Gasteiger partial charge >= 0.3 is 0 Å². The Morgan fingerprint density at radius 1 is 1.19 bits per heavy atom. The summed E-state index contributed by atoms with van der Waals surface area (Å²) >= 11 is 18.7. The number of nitrogens with zero attached hydrogens (tertiary/aromatic N) is 2. The number of amides is 1. The number of ether oxygens (including phenoxy) is 1. The number of hydrogen-bond acceptors (Lipinski definition) is 4. The smallest absolute Gasteiger partial charge is 0.280 e. The highest BCUT2D eigenvalue weighted by atomic mass is 79.9. The molecule has 0 aliphatic carbocycles. The molecule has 1 aliphatic heterocycles. The van der Waals surface area contributed by atoms with Crippen molar-refractivity contribution in [3.63, 3.8) is 0 Å². The maximum Gasteiger partial charge on any atom is 0.280 e. The molecule has 0 unspecified atom stereocenters. The molecule has 9 heteroatoms. The van der Waals surface area contributed by atoms with Crippen molar-refractivity contribution >= 4 is 78.4 Å². The Hall–Kier alpha value is -1.54. The standard InChI is InChI=1S/C18H12Br2Cl2N2O3/c1-8-11(5-9-6-14(27-2)17(25)16(20)15(9)19)18(26)24(23-8)10-3-4-12(21)13(22)7-10/h3-7,25H,1-2H3/b11-5-. The van der Waals surface area contributed by atoms with E-state index in [1.807, 2.05) is 0 Å². The van der Waals surface area contributed by atoms with Crippen LogP contribution in [0.3, 0.4) is 0 Å². The van der Waals surface area contributed by atoms with Crippen molar-refractivity contribution in [2.24, 2.45) is 5.10 Å². The lowest BCUT2D eigenvalue weighted by molar-refractivity contribution is -0.114. The predicted octanol–water partition coefficient (Wildman–Crippen LogP) is 6.04. The van der Waals surface area contributed by atoms with Gasteiger partial charge in [0.15, 0.2) is 11.5 Å². The fourth-order valence-corrected chi connectivity index (χ4v) is 3.64. The highest BCUT2D eigenvalue weighted by Crippen LogP contribution is 2.42. The molecule has 5 nitrogen and oxygen atoms in total. The summed E-state index contributed by atoms with van der Waals surface area (Å²) in [6.07, 6.45) is 1.68. The highest BCUT2D eigenvalue weighted by Gasteiger charge is 2.29. The Kier molecular flexibility index (Phi) is 5.86. The minimum Gasteiger partial charge on any atom is -0.503 e. The van der Waals surface area contributed by atoms with Crippen LogP contribution in [0.4, 0.5) is 5.69 Å². The normalized spacial score (nSPS) is 15.5. The average molecular weight is 535 g/mol. The predicted molar refractivity (Wildman–Crippen MR) is 115 cm³/mol. The zero-order valence-corrected chi connectivity index (χ0v) is 18.7. The molecular formula is C18H12Br2Cl2N2O3. The Balaban J connectivity index is 2.04. The molecule has 0 bridgehead atoms. The van der Waals surface area contributed by atoms with E-state index in [0.717, 1.165) is 0 Å². The van der Waals surface area contributed by atoms with E-state index >= 15 is 0 Å². The number of hydrazone groups is 1. The largest absolute Gasteiger partial charge is 0.503 e. The lowest BCUT2D eigenvalue weighted by Gasteiger charge is -2.13. The van der Waals surface area contributed by atoms with Crippen LogP contribution < -0.4 is 9.75 Å². The van der Waals surface area contributed by atoms with Crippen LogP contribution in [0.15, 0.2) is 43.9 Å². The van der Waals surface area contributed by atoms with Gasteiger partial charge in [-0.1, -0.05) is 23.2 Å². The molecule has 0 aromatic heterocycles. The summed E-state index contributed by atoms with van der Waals surface area (Å²) in [6, 6.07) is 6.48. The first-order valence-corrected chi connectivity index (χ1v) is 9.90. The zero-order valence-electron chi connectivity index (χ0n) is 14.1. The third kappa shape index (κ3) is 3.74. The number of carbonyl (C=O) groups excluding carboxylic acids is 1. The van der Waals surface area contributed by atoms with Crippen molar-refractivity contribution in [2.75, 3.05) is 12.1 Å². The van der Waals surface area contributed by atoms with Gasteiger partial charge in [-0.3, -0.25) is 4.79 Å². The molecule has 0 saturated heterocycles. The first-order chi connectivity index (χ1) is 12.7. The fraction of sp³-hybridized carbons (Fsp3) is 0.111. The molecule has 140 valence electrons. The topological polar surface area (TPSA) is 62.1 Å². The van der Waals surface area contributed by atoms with Crippen molar-refractivity contribution in [1.82, 2.24) is 0 Å². The van der Waals surface area contributed by atoms with E-state index in [2.05, 4.69) is 37.0 Å². The van der Waals surface area contributed by atoms with Gasteiger partial charge in [-0.15, -0.1) is 0 Å². The van der Waals surface area contributed by atoms with Gasteiger partial charge in [0.05, 0.1) is 38.6 Å². The number of methoxy groups -OCH3 is 1. The van der Waals surface area contributed by atoms with Crippen molar-refractivity contribution in [3.05, 3.63) is 54.4 Å². The summed E-state index contributed by atoms with van der Waals surface area (Å²) in [4.78, 5) is 12.9. The number of benzene rings is 2. The fourth-order valence-electron chi connectivity index (χ4n) is 2.50. The zero-order chi connectivity index (χ0) is 19.9. The molecule has 0 atom stereocenters. The van der Waals surface area contributed by atoms with Gasteiger partial charge < -0.3 is 9.84 Å². The molecule has 0 spiro atoms. The molecule has 1 aliphatic rings. The molecule has 1 heterocycles. The van der Waals surface area contributed by atoms with E-state index in [0.29, 0.717) is 41.5 Å². The second kappa shape index (κ2) is 7.83. The lowest BCUT2D eigenvalue weighted by Crippen LogP contribution is -2.21. The summed E-state index contributed by atoms with van der Waals surface area (Å²) in [5.74, 6) is -0.0636. The van der Waals surface area contributed by atoms with Crippen LogP contribution in [0.1, 0.15) is 12.5 Å². The summed E-state index contributed by atoms with van der Waals surface area (Å²) in [7, 11) is 1.45. The van der Waals surface area contributed by atoms with Crippen molar-refractivity contribution < 1.29 is 14.6 Å². The number of halogens is 4. The quantitative estimate of drug-likeness (QED) is 0.488. The van der Waals surface area contributed by atoms with Crippen molar-refractivity contribution in [2.45, 2.75) is 6.92 Å². The molecule has 0 radical (unpaired) electrons. The number of phenolic OH excluding ortho intramolecular Hbond substituents is 1. The second-order valence-corrected chi connectivity index (χ2v) is 8.00. The van der Waals surface area contributed by atoms with Gasteiger partial charge in [-0.25, -0.2) is 0 Å². The van der Waals surface area contributed by atoms with Crippen LogP contribution in [0, 0.1) is 0 Å². The maximum absolute atomic E-state index is 12.9. The number of aromatic hydroxyl groups is 1. The maximum atomic E-state index is 12.9. The molecule has 1 N–H and O–H groups in total. The minimum absolute atomic E-state index is 0.0351. The number of carbonyl (C=O) groups is 1. The van der Waals surface area contributed by atoms with Gasteiger partial charge in [0.1, 0.15) is 0 Å². The molecule has 3 rings (SSSR count). The number of rotatable bonds is 3. The summed E-state index contributed by atoms with van der Waals surface area (Å²) in [6.45, 7) is 1.74. The summed E-state index contributed by atoms with van der Waals surface area (Å²) in [5, 5.41) is 16.4. The van der Waals surface area contributed by atoms with E-state index in [4.69, 9.17) is 27.9 Å². The van der Waals surface area contributed by atoms with Crippen LogP contribution in [-0.4, -0.2) is 23.8 Å². The molecule has 2 aromatic carbocycles. The van der Waals surface area contributed by atoms with E-state index < -0.39 is 0 Å². The Bertz CT molecular complexity index is 1020. The Labute approximate surface area is 182 Å². The second-order valence-electron chi connectivity index (χ2n) is 5.60. The van der Waals surface area contributed by atoms with E-state index in [-0.39, 0.29) is 17.4 Å². The van der Waals surface area contributed by atoms with Crippen molar-refractivity contribution in [3.8, 4) is 11.5 Å². The van der Waals surface area contributed by atoms with Crippen LogP contribution in [0.2, 0.25) is 10.0 Å². The monoisotopic (exact) mass is 532 g/mol. The van der Waals surface area contributed by atoms with Crippen LogP contribution >= 0.6 is 55.1 Å². The first-order valence-electron chi connectivity index (χ1n) is 7.56. The molecular weight excluding hydrogens is 523 g/mol. The molecule has 0 saturated carbocycles. The van der Waals surface area contributed by atoms with Crippen LogP contribution in [0.5, 0.6) is 11.5 Å². The summed E-state index contributed by atoms with van der Waals surface area (Å²) < 4.78 is 6.18. The third-order valence-electron chi connectivity index (χ3n) is 3.90. The van der Waals surface area contributed by atoms with E-state index in [9.17, 15) is 9.90 Å². The number of anilines is 1. The average Bonchev–Trinajstić information content (AvgIpc) is 2.92. The van der Waals surface area contributed by atoms with Crippen LogP contribution in [-0.2, 0) is 4.79 Å². The highest BCUT2D eigenvalue weighted by molar-refractivity contribution is 9.13. The van der Waals surface area contributed by atoms with Crippen molar-refractivity contribution in [1.29, 1.82) is 0 Å². The van der Waals surface area contributed by atoms with E-state index in [1.54, 1.807) is 37.3 Å².